The van der Waals surface area contributed by atoms with Crippen LogP contribution in [-0.4, -0.2) is 37.4 Å². The zero-order chi connectivity index (χ0) is 27.9. The first-order valence-electron chi connectivity index (χ1n) is 11.1. The maximum absolute atomic E-state index is 14.0. The second-order valence-corrected chi connectivity index (χ2v) is 9.42. The van der Waals surface area contributed by atoms with Crippen LogP contribution in [0.4, 0.5) is 19.0 Å². The molecule has 0 bridgehead atoms. The first-order valence-corrected chi connectivity index (χ1v) is 12.3. The number of hydrogen-bond donors (Lipinski definition) is 1. The maximum atomic E-state index is 14.0. The Morgan fingerprint density at radius 3 is 2.51 bits per heavy atom. The topological polar surface area (TPSA) is 86.3 Å². The molecule has 0 saturated heterocycles. The number of anilines is 1. The molecule has 1 amide bonds. The van der Waals surface area contributed by atoms with Gasteiger partial charge in [-0.05, 0) is 29.8 Å². The number of aromatic nitrogens is 5. The highest BCUT2D eigenvalue weighted by molar-refractivity contribution is 6.37. The van der Waals surface area contributed by atoms with E-state index in [1.165, 1.54) is 24.1 Å². The molecule has 0 aliphatic heterocycles. The van der Waals surface area contributed by atoms with E-state index in [9.17, 15) is 18.0 Å². The van der Waals surface area contributed by atoms with Crippen LogP contribution in [0.5, 0.6) is 5.75 Å². The van der Waals surface area contributed by atoms with Crippen LogP contribution in [0.2, 0.25) is 15.1 Å². The number of alkyl halides is 3. The molecule has 14 heteroatoms. The number of carbonyl (C=O) groups is 1. The zero-order valence-electron chi connectivity index (χ0n) is 19.8. The summed E-state index contributed by atoms with van der Waals surface area (Å²) in [4.78, 5) is 17.3. The normalized spacial score (nSPS) is 11.7. The molecule has 0 spiro atoms. The van der Waals surface area contributed by atoms with Gasteiger partial charge in [-0.1, -0.05) is 65.1 Å². The van der Waals surface area contributed by atoms with Crippen LogP contribution in [0.25, 0.3) is 16.9 Å². The molecule has 0 unspecified atom stereocenters. The summed E-state index contributed by atoms with van der Waals surface area (Å²) in [7, 11) is 1.43. The fourth-order valence-corrected chi connectivity index (χ4v) is 4.44. The van der Waals surface area contributed by atoms with Gasteiger partial charge in [0.05, 0.1) is 19.3 Å². The zero-order valence-corrected chi connectivity index (χ0v) is 22.1. The minimum absolute atomic E-state index is 0.0381. The first-order chi connectivity index (χ1) is 18.5. The van der Waals surface area contributed by atoms with Gasteiger partial charge in [-0.2, -0.15) is 23.4 Å². The van der Waals surface area contributed by atoms with Crippen molar-refractivity contribution >= 4 is 52.2 Å². The molecule has 2 aromatic carbocycles. The lowest BCUT2D eigenvalue weighted by molar-refractivity contribution is -0.142. The smallest absolute Gasteiger partial charge is 0.433 e. The third kappa shape index (κ3) is 5.38. The molecule has 8 nitrogen and oxygen atoms in total. The number of amides is 1. The third-order valence-corrected chi connectivity index (χ3v) is 6.64. The van der Waals surface area contributed by atoms with E-state index in [4.69, 9.17) is 39.5 Å². The summed E-state index contributed by atoms with van der Waals surface area (Å²) in [5, 5.41) is 10.7. The van der Waals surface area contributed by atoms with Crippen LogP contribution in [0, 0.1) is 0 Å². The van der Waals surface area contributed by atoms with Crippen molar-refractivity contribution in [3.8, 4) is 17.0 Å². The molecule has 0 saturated carbocycles. The Hall–Kier alpha value is -3.80. The molecule has 0 aliphatic carbocycles. The third-order valence-electron chi connectivity index (χ3n) is 5.64. The summed E-state index contributed by atoms with van der Waals surface area (Å²) in [6, 6.07) is 14.3. The summed E-state index contributed by atoms with van der Waals surface area (Å²) < 4.78 is 49.1. The van der Waals surface area contributed by atoms with Gasteiger partial charge in [-0.3, -0.25) is 9.48 Å². The number of fused-ring (bicyclic) bond motifs is 1. The van der Waals surface area contributed by atoms with E-state index < -0.39 is 23.5 Å². The molecule has 0 radical (unpaired) electrons. The van der Waals surface area contributed by atoms with Gasteiger partial charge in [-0.25, -0.2) is 9.50 Å². The Balaban J connectivity index is 1.51. The second-order valence-electron chi connectivity index (χ2n) is 8.22. The van der Waals surface area contributed by atoms with Gasteiger partial charge < -0.3 is 10.1 Å². The Morgan fingerprint density at radius 1 is 1.03 bits per heavy atom. The SMILES string of the molecule is COc1cccc(-c2cc(C(F)(F)F)n3nc(C(=O)Nc4nn(Cc5ccccc5Cl)cc4Cl)c(Cl)c3n2)c1. The summed E-state index contributed by atoms with van der Waals surface area (Å²) in [5.74, 6) is -0.539. The predicted molar refractivity (Wildman–Crippen MR) is 141 cm³/mol. The lowest BCUT2D eigenvalue weighted by atomic mass is 10.1. The highest BCUT2D eigenvalue weighted by Crippen LogP contribution is 2.35. The van der Waals surface area contributed by atoms with Crippen LogP contribution < -0.4 is 10.1 Å². The first kappa shape index (κ1) is 26.8. The number of benzene rings is 2. The summed E-state index contributed by atoms with van der Waals surface area (Å²) in [5.41, 5.74) is -0.949. The lowest BCUT2D eigenvalue weighted by Crippen LogP contribution is -2.16. The Morgan fingerprint density at radius 2 is 1.79 bits per heavy atom. The van der Waals surface area contributed by atoms with Crippen LogP contribution >= 0.6 is 34.8 Å². The van der Waals surface area contributed by atoms with Crippen LogP contribution in [0.1, 0.15) is 21.7 Å². The molecule has 1 N–H and O–H groups in total. The monoisotopic (exact) mass is 594 g/mol. The highest BCUT2D eigenvalue weighted by atomic mass is 35.5. The van der Waals surface area contributed by atoms with E-state index in [2.05, 4.69) is 20.5 Å². The van der Waals surface area contributed by atoms with Crippen molar-refractivity contribution in [2.45, 2.75) is 12.7 Å². The van der Waals surface area contributed by atoms with Gasteiger partial charge in [-0.15, -0.1) is 0 Å². The van der Waals surface area contributed by atoms with E-state index in [-0.39, 0.29) is 33.7 Å². The number of hydrogen-bond acceptors (Lipinski definition) is 5. The Bertz CT molecular complexity index is 1720. The minimum Gasteiger partial charge on any atom is -0.497 e. The summed E-state index contributed by atoms with van der Waals surface area (Å²) >= 11 is 18.8. The number of nitrogens with one attached hydrogen (secondary N) is 1. The van der Waals surface area contributed by atoms with Crippen molar-refractivity contribution in [1.82, 2.24) is 24.4 Å². The standard InChI is InChI=1S/C25H16Cl3F3N6O2/c1-39-15-7-4-6-13(9-15)18-10-19(25(29,30)31)37-23(32-18)20(28)21(34-37)24(38)33-22-17(27)12-36(35-22)11-14-5-2-3-8-16(14)26/h2-10,12H,11H2,1H3,(H,33,35,38). The molecule has 39 heavy (non-hydrogen) atoms. The van der Waals surface area contributed by atoms with E-state index in [0.29, 0.717) is 20.9 Å². The van der Waals surface area contributed by atoms with Crippen LogP contribution in [-0.2, 0) is 12.7 Å². The fraction of sp³-hybridized carbons (Fsp3) is 0.120. The molecule has 0 fully saturated rings. The minimum atomic E-state index is -4.83. The van der Waals surface area contributed by atoms with Gasteiger partial charge in [0.1, 0.15) is 15.8 Å². The molecule has 5 rings (SSSR count). The number of carbonyl (C=O) groups excluding carboxylic acids is 1. The van der Waals surface area contributed by atoms with Crippen LogP contribution in [0.15, 0.2) is 60.8 Å². The molecule has 5 aromatic rings. The predicted octanol–water partition coefficient (Wildman–Crippen LogP) is 6.88. The van der Waals surface area contributed by atoms with Gasteiger partial charge >= 0.3 is 6.18 Å². The molecule has 3 heterocycles. The molecule has 0 atom stereocenters. The van der Waals surface area contributed by atoms with Gasteiger partial charge in [0, 0.05) is 16.8 Å². The van der Waals surface area contributed by atoms with Gasteiger partial charge in [0.2, 0.25) is 0 Å². The number of rotatable bonds is 6. The van der Waals surface area contributed by atoms with Crippen molar-refractivity contribution in [1.29, 1.82) is 0 Å². The van der Waals surface area contributed by atoms with Crippen molar-refractivity contribution in [3.05, 3.63) is 92.8 Å². The number of nitrogens with zero attached hydrogens (tertiary/aromatic N) is 5. The number of halogens is 6. The average molecular weight is 596 g/mol. The quantitative estimate of drug-likeness (QED) is 0.231. The molecule has 200 valence electrons. The number of methoxy groups -OCH3 is 1. The molecular weight excluding hydrogens is 580 g/mol. The van der Waals surface area contributed by atoms with E-state index >= 15 is 0 Å². The number of ether oxygens (including phenoxy) is 1. The molecule has 0 aliphatic rings. The van der Waals surface area contributed by atoms with E-state index in [1.54, 1.807) is 36.4 Å². The molecular formula is C25H16Cl3F3N6O2. The Kier molecular flexibility index (Phi) is 7.15. The van der Waals surface area contributed by atoms with Crippen molar-refractivity contribution in [2.75, 3.05) is 12.4 Å². The van der Waals surface area contributed by atoms with Gasteiger partial charge in [0.25, 0.3) is 5.91 Å². The van der Waals surface area contributed by atoms with Crippen LogP contribution in [0.3, 0.4) is 0 Å². The van der Waals surface area contributed by atoms with E-state index in [1.807, 2.05) is 6.07 Å². The van der Waals surface area contributed by atoms with Crippen molar-refractivity contribution in [3.63, 3.8) is 0 Å². The van der Waals surface area contributed by atoms with Gasteiger partial charge in [0.15, 0.2) is 22.9 Å². The largest absolute Gasteiger partial charge is 0.497 e. The highest BCUT2D eigenvalue weighted by Gasteiger charge is 2.37. The van der Waals surface area contributed by atoms with Crippen molar-refractivity contribution in [2.24, 2.45) is 0 Å². The van der Waals surface area contributed by atoms with Crippen molar-refractivity contribution < 1.29 is 22.7 Å². The van der Waals surface area contributed by atoms with E-state index in [0.717, 1.165) is 11.6 Å². The Labute approximate surface area is 233 Å². The lowest BCUT2D eigenvalue weighted by Gasteiger charge is -2.11. The summed E-state index contributed by atoms with van der Waals surface area (Å²) in [6.45, 7) is 0.260. The average Bonchev–Trinajstić information content (AvgIpc) is 3.42. The molecule has 3 aromatic heterocycles. The summed E-state index contributed by atoms with van der Waals surface area (Å²) in [6.07, 6.45) is -3.37. The second kappa shape index (κ2) is 10.4. The fourth-order valence-electron chi connectivity index (χ4n) is 3.80. The maximum Gasteiger partial charge on any atom is 0.433 e.